The van der Waals surface area contributed by atoms with Crippen molar-refractivity contribution in [1.82, 2.24) is 15.0 Å². The molecule has 0 aliphatic carbocycles. The van der Waals surface area contributed by atoms with Crippen LogP contribution in [-0.2, 0) is 14.8 Å². The van der Waals surface area contributed by atoms with Crippen molar-refractivity contribution >= 4 is 38.1 Å². The van der Waals surface area contributed by atoms with Crippen molar-refractivity contribution in [2.75, 3.05) is 47.8 Å². The molecule has 0 amide bonds. The number of sulfonamides is 1. The normalized spacial score (nSPS) is 14.0. The van der Waals surface area contributed by atoms with Crippen LogP contribution >= 0.6 is 11.3 Å². The lowest BCUT2D eigenvalue weighted by Crippen LogP contribution is -2.36. The molecule has 0 unspecified atom stereocenters. The summed E-state index contributed by atoms with van der Waals surface area (Å²) in [6, 6.07) is 7.58. The Labute approximate surface area is 239 Å². The molecule has 1 saturated heterocycles. The Morgan fingerprint density at radius 3 is 2.54 bits per heavy atom. The van der Waals surface area contributed by atoms with E-state index in [0.717, 1.165) is 12.1 Å². The van der Waals surface area contributed by atoms with Gasteiger partial charge in [0.25, 0.3) is 10.0 Å². The molecular weight excluding hydrogens is 577 g/mol. The first-order valence-corrected chi connectivity index (χ1v) is 15.1. The zero-order valence-corrected chi connectivity index (χ0v) is 23.8. The summed E-state index contributed by atoms with van der Waals surface area (Å²) >= 11 is 1.39. The van der Waals surface area contributed by atoms with E-state index < -0.39 is 38.1 Å². The predicted molar refractivity (Wildman–Crippen MR) is 152 cm³/mol. The minimum atomic E-state index is -4.66. The van der Waals surface area contributed by atoms with Crippen LogP contribution in [0.2, 0.25) is 0 Å². The minimum Gasteiger partial charge on any atom is -0.378 e. The lowest BCUT2D eigenvalue weighted by Gasteiger charge is -2.26. The quantitative estimate of drug-likeness (QED) is 0.262. The maximum atomic E-state index is 14.9. The molecule has 2 N–H and O–H groups in total. The summed E-state index contributed by atoms with van der Waals surface area (Å²) in [7, 11) is -4.66. The molecule has 0 atom stereocenters. The van der Waals surface area contributed by atoms with Crippen LogP contribution in [0.1, 0.15) is 13.8 Å². The zero-order chi connectivity index (χ0) is 29.1. The predicted octanol–water partition coefficient (Wildman–Crippen LogP) is 5.39. The van der Waals surface area contributed by atoms with Crippen molar-refractivity contribution in [3.8, 4) is 21.8 Å². The summed E-state index contributed by atoms with van der Waals surface area (Å²) in [5, 5.41) is 3.90. The third kappa shape index (κ3) is 6.60. The maximum Gasteiger partial charge on any atom is 0.265 e. The van der Waals surface area contributed by atoms with Crippen LogP contribution in [0.5, 0.6) is 0 Å². The molecule has 0 spiro atoms. The van der Waals surface area contributed by atoms with Crippen LogP contribution < -0.4 is 14.9 Å². The molecule has 2 aromatic heterocycles. The summed E-state index contributed by atoms with van der Waals surface area (Å²) in [6.07, 6.45) is 1.63. The van der Waals surface area contributed by atoms with Gasteiger partial charge in [0.2, 0.25) is 5.95 Å². The largest absolute Gasteiger partial charge is 0.378 e. The minimum absolute atomic E-state index is 0.372. The average Bonchev–Trinajstić information content (AvgIpc) is 3.40. The van der Waals surface area contributed by atoms with Crippen molar-refractivity contribution in [1.29, 1.82) is 0 Å². The summed E-state index contributed by atoms with van der Waals surface area (Å²) in [5.74, 6) is -2.21. The van der Waals surface area contributed by atoms with Gasteiger partial charge in [0.15, 0.2) is 5.13 Å². The topological polar surface area (TPSA) is 109 Å². The Morgan fingerprint density at radius 1 is 1.02 bits per heavy atom. The second kappa shape index (κ2) is 12.0. The number of nitrogens with zero attached hydrogens (tertiary/aromatic N) is 4. The molecule has 1 aliphatic rings. The number of benzene rings is 2. The van der Waals surface area contributed by atoms with Crippen LogP contribution in [0.3, 0.4) is 0 Å². The van der Waals surface area contributed by atoms with Crippen molar-refractivity contribution in [3.63, 3.8) is 0 Å². The molecule has 0 bridgehead atoms. The van der Waals surface area contributed by atoms with Gasteiger partial charge in [-0.25, -0.2) is 36.5 Å². The van der Waals surface area contributed by atoms with Gasteiger partial charge in [0.1, 0.15) is 22.3 Å². The zero-order valence-electron chi connectivity index (χ0n) is 22.2. The van der Waals surface area contributed by atoms with E-state index in [1.807, 2.05) is 0 Å². The number of halogens is 3. The highest BCUT2D eigenvalue weighted by Gasteiger charge is 2.25. The molecule has 1 fully saturated rings. The number of hydrogen-bond acceptors (Lipinski definition) is 9. The van der Waals surface area contributed by atoms with Crippen molar-refractivity contribution in [3.05, 3.63) is 66.1 Å². The molecule has 5 rings (SSSR count). The van der Waals surface area contributed by atoms with Crippen molar-refractivity contribution in [2.45, 2.75) is 18.7 Å². The van der Waals surface area contributed by atoms with Crippen molar-refractivity contribution < 1.29 is 26.3 Å². The number of nitrogens with one attached hydrogen (secondary N) is 2. The summed E-state index contributed by atoms with van der Waals surface area (Å²) < 4.78 is 76.1. The Bertz CT molecular complexity index is 1660. The van der Waals surface area contributed by atoms with E-state index in [1.54, 1.807) is 12.3 Å². The van der Waals surface area contributed by atoms with Gasteiger partial charge in [0.05, 0.1) is 35.2 Å². The van der Waals surface area contributed by atoms with Gasteiger partial charge in [0, 0.05) is 31.4 Å². The van der Waals surface area contributed by atoms with Gasteiger partial charge in [-0.1, -0.05) is 25.2 Å². The Balaban J connectivity index is 1.56. The van der Waals surface area contributed by atoms with E-state index in [4.69, 9.17) is 9.72 Å². The van der Waals surface area contributed by atoms with Gasteiger partial charge in [-0.3, -0.25) is 4.72 Å². The third-order valence-electron chi connectivity index (χ3n) is 6.12. The van der Waals surface area contributed by atoms with Gasteiger partial charge in [-0.15, -0.1) is 0 Å². The van der Waals surface area contributed by atoms with Gasteiger partial charge in [-0.2, -0.15) is 0 Å². The highest BCUT2D eigenvalue weighted by Crippen LogP contribution is 2.41. The molecule has 216 valence electrons. The fourth-order valence-electron chi connectivity index (χ4n) is 4.07. The molecule has 3 heterocycles. The van der Waals surface area contributed by atoms with Crippen LogP contribution in [-0.4, -0.2) is 56.2 Å². The molecule has 14 heteroatoms. The lowest BCUT2D eigenvalue weighted by atomic mass is 10.1. The third-order valence-corrected chi connectivity index (χ3v) is 8.64. The molecule has 2 aromatic carbocycles. The fraction of sp³-hybridized carbons (Fsp3) is 0.296. The number of morpholine rings is 1. The second-order valence-corrected chi connectivity index (χ2v) is 12.3. The highest BCUT2D eigenvalue weighted by atomic mass is 32.2. The molecule has 4 aromatic rings. The highest BCUT2D eigenvalue weighted by molar-refractivity contribution is 7.92. The number of thiazole rings is 1. The molecular formula is C27H27F3N6O3S2. The van der Waals surface area contributed by atoms with Crippen LogP contribution in [0.15, 0.2) is 53.6 Å². The van der Waals surface area contributed by atoms with E-state index in [2.05, 4.69) is 38.8 Å². The Kier molecular flexibility index (Phi) is 8.42. The number of rotatable bonds is 9. The monoisotopic (exact) mass is 604 g/mol. The molecule has 1 aliphatic heterocycles. The van der Waals surface area contributed by atoms with Gasteiger partial charge in [-0.05, 0) is 48.4 Å². The second-order valence-electron chi connectivity index (χ2n) is 9.69. The van der Waals surface area contributed by atoms with Crippen LogP contribution in [0.25, 0.3) is 21.8 Å². The standard InChI is InChI=1S/C27H27F3N6O3S2/c1-16(2)15-32-26-31-8-7-21(33-26)25-24(34-27(40-25)36-9-11-39-12-10-36)17-3-5-19(29)22(13-17)35-41(37,38)23-14-18(28)4-6-20(23)30/h3-8,13-14,16,35H,9-12,15H2,1-2H3,(H,31,32,33). The average molecular weight is 605 g/mol. The molecule has 41 heavy (non-hydrogen) atoms. The van der Waals surface area contributed by atoms with Crippen molar-refractivity contribution in [2.24, 2.45) is 5.92 Å². The molecule has 0 saturated carbocycles. The van der Waals surface area contributed by atoms with E-state index in [0.29, 0.717) is 83.8 Å². The van der Waals surface area contributed by atoms with Gasteiger partial charge >= 0.3 is 0 Å². The first kappa shape index (κ1) is 28.8. The molecule has 0 radical (unpaired) electrons. The fourth-order valence-corrected chi connectivity index (χ4v) is 6.33. The van der Waals surface area contributed by atoms with Crippen LogP contribution in [0, 0.1) is 23.4 Å². The SMILES string of the molecule is CC(C)CNc1nccc(-c2sc(N3CCOCC3)nc2-c2ccc(F)c(NS(=O)(=O)c3cc(F)ccc3F)c2)n1. The summed E-state index contributed by atoms with van der Waals surface area (Å²) in [5.41, 5.74) is 0.971. The summed E-state index contributed by atoms with van der Waals surface area (Å²) in [4.78, 5) is 15.6. The van der Waals surface area contributed by atoms with E-state index >= 15 is 0 Å². The first-order chi connectivity index (χ1) is 19.6. The van der Waals surface area contributed by atoms with Crippen LogP contribution in [0.4, 0.5) is 29.9 Å². The first-order valence-electron chi connectivity index (χ1n) is 12.8. The smallest absolute Gasteiger partial charge is 0.265 e. The lowest BCUT2D eigenvalue weighted by molar-refractivity contribution is 0.122. The number of aromatic nitrogens is 3. The summed E-state index contributed by atoms with van der Waals surface area (Å²) in [6.45, 7) is 7.15. The Morgan fingerprint density at radius 2 is 1.78 bits per heavy atom. The maximum absolute atomic E-state index is 14.9. The number of anilines is 3. The van der Waals surface area contributed by atoms with E-state index in [1.165, 1.54) is 23.5 Å². The number of ether oxygens (including phenoxy) is 1. The Hall–Kier alpha value is -3.75. The molecule has 9 nitrogen and oxygen atoms in total. The van der Waals surface area contributed by atoms with Gasteiger partial charge < -0.3 is 15.0 Å². The number of hydrogen-bond donors (Lipinski definition) is 2. The van der Waals surface area contributed by atoms with E-state index in [-0.39, 0.29) is 0 Å². The van der Waals surface area contributed by atoms with E-state index in [9.17, 15) is 21.6 Å².